The molecule has 0 bridgehead atoms. The highest BCUT2D eigenvalue weighted by atomic mass is 32.2. The Balaban J connectivity index is 1.76. The van der Waals surface area contributed by atoms with Crippen LogP contribution in [0, 0.1) is 17.7 Å². The van der Waals surface area contributed by atoms with E-state index in [0.717, 1.165) is 11.5 Å². The summed E-state index contributed by atoms with van der Waals surface area (Å²) in [4.78, 5) is 18.5. The number of phenolic OH excluding ortho intramolecular Hbond substituents is 1. The van der Waals surface area contributed by atoms with Gasteiger partial charge in [0.2, 0.25) is 0 Å². The number of carbonyl (C=O) groups is 1. The van der Waals surface area contributed by atoms with Crippen molar-refractivity contribution in [3.63, 3.8) is 0 Å². The predicted molar refractivity (Wildman–Crippen MR) is 94.5 cm³/mol. The normalized spacial score (nSPS) is 15.4. The number of rotatable bonds is 1. The molecule has 1 aliphatic rings. The van der Waals surface area contributed by atoms with Crippen LogP contribution in [0.15, 0.2) is 36.7 Å². The maximum absolute atomic E-state index is 14.8. The lowest BCUT2D eigenvalue weighted by Gasteiger charge is -2.17. The number of anilines is 1. The Hall–Kier alpha value is -3.58. The number of aromatic amines is 1. The van der Waals surface area contributed by atoms with Gasteiger partial charge in [-0.05, 0) is 24.3 Å². The van der Waals surface area contributed by atoms with E-state index in [9.17, 15) is 22.7 Å². The molecule has 2 aromatic heterocycles. The Kier molecular flexibility index (Phi) is 3.75. The van der Waals surface area contributed by atoms with Crippen molar-refractivity contribution >= 4 is 32.8 Å². The molecule has 0 saturated carbocycles. The molecule has 3 N–H and O–H groups in total. The number of aromatic hydroxyl groups is 1. The summed E-state index contributed by atoms with van der Waals surface area (Å²) in [5.41, 5.74) is 0.461. The number of nitrogens with one attached hydrogen (secondary N) is 2. The largest absolute Gasteiger partial charge is 0.506 e. The van der Waals surface area contributed by atoms with Gasteiger partial charge in [0.05, 0.1) is 5.56 Å². The lowest BCUT2D eigenvalue weighted by Crippen LogP contribution is -2.30. The summed E-state index contributed by atoms with van der Waals surface area (Å²) in [5, 5.41) is 10.8. The lowest BCUT2D eigenvalue weighted by atomic mass is 10.1. The lowest BCUT2D eigenvalue weighted by molar-refractivity contribution is -0.117. The third kappa shape index (κ3) is 2.94. The van der Waals surface area contributed by atoms with Gasteiger partial charge in [-0.3, -0.25) is 4.79 Å². The molecule has 0 atom stereocenters. The Labute approximate surface area is 152 Å². The van der Waals surface area contributed by atoms with E-state index in [1.165, 1.54) is 12.3 Å². The van der Waals surface area contributed by atoms with Gasteiger partial charge < -0.3 is 10.1 Å². The summed E-state index contributed by atoms with van der Waals surface area (Å²) in [7, 11) is -4.26. The van der Waals surface area contributed by atoms with E-state index < -0.39 is 39.9 Å². The molecular weight excluding hydrogens is 375 g/mol. The fourth-order valence-corrected chi connectivity index (χ4v) is 3.85. The van der Waals surface area contributed by atoms with Gasteiger partial charge in [-0.15, -0.1) is 0 Å². The molecule has 0 aliphatic carbocycles. The molecule has 1 aliphatic heterocycles. The maximum Gasteiger partial charge on any atom is 0.326 e. The molecule has 1 amide bonds. The minimum absolute atomic E-state index is 0.133. The van der Waals surface area contributed by atoms with Gasteiger partial charge in [-0.25, -0.2) is 18.4 Å². The number of carbonyl (C=O) groups excluding carboxylic acids is 1. The number of halogens is 1. The van der Waals surface area contributed by atoms with Crippen LogP contribution in [0.5, 0.6) is 5.75 Å². The second-order valence-electron chi connectivity index (χ2n) is 5.72. The summed E-state index contributed by atoms with van der Waals surface area (Å²) in [6.45, 7) is -0.627. The van der Waals surface area contributed by atoms with Crippen LogP contribution in [-0.2, 0) is 15.0 Å². The van der Waals surface area contributed by atoms with Gasteiger partial charge >= 0.3 is 10.2 Å². The van der Waals surface area contributed by atoms with Crippen LogP contribution in [0.1, 0.15) is 11.1 Å². The van der Waals surface area contributed by atoms with Crippen molar-refractivity contribution in [2.75, 3.05) is 10.8 Å². The van der Waals surface area contributed by atoms with Crippen molar-refractivity contribution in [3.05, 3.63) is 53.6 Å². The van der Waals surface area contributed by atoms with Crippen molar-refractivity contribution in [1.29, 1.82) is 0 Å². The minimum atomic E-state index is -4.26. The van der Waals surface area contributed by atoms with Crippen LogP contribution >= 0.6 is 0 Å². The standard InChI is InChI=1S/C17H11FN4O4S/c18-15-11(2-1-10-7-12-5-6-19-17(12)20-8-10)3-4-13(23)16(15)22-9-14(24)21-27(22,25)26/h3-8,23H,9H2,(H,19,20)(H,21,24). The second kappa shape index (κ2) is 6.00. The number of hydrogen-bond acceptors (Lipinski definition) is 5. The van der Waals surface area contributed by atoms with E-state index in [-0.39, 0.29) is 5.56 Å². The van der Waals surface area contributed by atoms with Gasteiger partial charge in [0.15, 0.2) is 5.82 Å². The van der Waals surface area contributed by atoms with Gasteiger partial charge in [-0.1, -0.05) is 11.8 Å². The molecule has 27 heavy (non-hydrogen) atoms. The van der Waals surface area contributed by atoms with Crippen LogP contribution in [-0.4, -0.2) is 35.9 Å². The van der Waals surface area contributed by atoms with E-state index in [0.29, 0.717) is 15.5 Å². The molecular formula is C17H11FN4O4S. The van der Waals surface area contributed by atoms with Crippen LogP contribution < -0.4 is 9.03 Å². The zero-order chi connectivity index (χ0) is 19.2. The Morgan fingerprint density at radius 3 is 2.81 bits per heavy atom. The van der Waals surface area contributed by atoms with E-state index in [2.05, 4.69) is 21.8 Å². The quantitative estimate of drug-likeness (QED) is 0.540. The van der Waals surface area contributed by atoms with Crippen molar-refractivity contribution in [2.45, 2.75) is 0 Å². The fraction of sp³-hybridized carbons (Fsp3) is 0.0588. The summed E-state index contributed by atoms with van der Waals surface area (Å²) in [6, 6.07) is 5.92. The Bertz CT molecular complexity index is 1260. The van der Waals surface area contributed by atoms with Crippen LogP contribution in [0.4, 0.5) is 10.1 Å². The molecule has 1 aromatic carbocycles. The number of amides is 1. The van der Waals surface area contributed by atoms with Crippen LogP contribution in [0.25, 0.3) is 11.0 Å². The number of pyridine rings is 1. The van der Waals surface area contributed by atoms with Crippen LogP contribution in [0.2, 0.25) is 0 Å². The highest BCUT2D eigenvalue weighted by Gasteiger charge is 2.37. The molecule has 136 valence electrons. The maximum atomic E-state index is 14.8. The zero-order valence-electron chi connectivity index (χ0n) is 13.5. The molecule has 0 spiro atoms. The number of hydrogen-bond donors (Lipinski definition) is 3. The van der Waals surface area contributed by atoms with E-state index in [4.69, 9.17) is 0 Å². The van der Waals surface area contributed by atoms with Crippen LogP contribution in [0.3, 0.4) is 0 Å². The Morgan fingerprint density at radius 1 is 1.26 bits per heavy atom. The number of H-pyrrole nitrogens is 1. The second-order valence-corrected chi connectivity index (χ2v) is 7.32. The van der Waals surface area contributed by atoms with Crippen molar-refractivity contribution in [3.8, 4) is 17.6 Å². The number of aromatic nitrogens is 2. The van der Waals surface area contributed by atoms with Crippen molar-refractivity contribution in [1.82, 2.24) is 14.7 Å². The predicted octanol–water partition coefficient (Wildman–Crippen LogP) is 0.988. The number of fused-ring (bicyclic) bond motifs is 1. The molecule has 4 rings (SSSR count). The molecule has 3 aromatic rings. The summed E-state index contributed by atoms with van der Waals surface area (Å²) < 4.78 is 40.9. The third-order valence-electron chi connectivity index (χ3n) is 3.91. The molecule has 0 radical (unpaired) electrons. The molecule has 0 unspecified atom stereocenters. The first-order valence-corrected chi connectivity index (χ1v) is 9.09. The van der Waals surface area contributed by atoms with E-state index >= 15 is 0 Å². The topological polar surface area (TPSA) is 115 Å². The average Bonchev–Trinajstić information content (AvgIpc) is 3.17. The molecule has 10 heteroatoms. The zero-order valence-corrected chi connectivity index (χ0v) is 14.3. The monoisotopic (exact) mass is 386 g/mol. The first-order chi connectivity index (χ1) is 12.8. The summed E-state index contributed by atoms with van der Waals surface area (Å²) in [6.07, 6.45) is 3.24. The van der Waals surface area contributed by atoms with Gasteiger partial charge in [-0.2, -0.15) is 8.42 Å². The first kappa shape index (κ1) is 16.9. The Morgan fingerprint density at radius 2 is 2.07 bits per heavy atom. The minimum Gasteiger partial charge on any atom is -0.506 e. The number of phenols is 1. The van der Waals surface area contributed by atoms with Crippen molar-refractivity contribution < 1.29 is 22.7 Å². The SMILES string of the molecule is O=C1CN(c2c(O)ccc(C#Cc3cnc4[nH]ccc4c3)c2F)S(=O)(=O)N1. The number of nitrogens with zero attached hydrogens (tertiary/aromatic N) is 2. The third-order valence-corrected chi connectivity index (χ3v) is 5.28. The summed E-state index contributed by atoms with van der Waals surface area (Å²) in [5.74, 6) is 2.87. The van der Waals surface area contributed by atoms with Gasteiger partial charge in [0.25, 0.3) is 5.91 Å². The summed E-state index contributed by atoms with van der Waals surface area (Å²) >= 11 is 0. The number of benzene rings is 1. The highest BCUT2D eigenvalue weighted by Crippen LogP contribution is 2.34. The van der Waals surface area contributed by atoms with E-state index in [1.807, 2.05) is 6.07 Å². The first-order valence-electron chi connectivity index (χ1n) is 7.65. The van der Waals surface area contributed by atoms with E-state index in [1.54, 1.807) is 17.0 Å². The average molecular weight is 386 g/mol. The van der Waals surface area contributed by atoms with Gasteiger partial charge in [0.1, 0.15) is 23.6 Å². The highest BCUT2D eigenvalue weighted by molar-refractivity contribution is 7.92. The van der Waals surface area contributed by atoms with Gasteiger partial charge in [0, 0.05) is 23.3 Å². The molecule has 8 nitrogen and oxygen atoms in total. The molecule has 3 heterocycles. The smallest absolute Gasteiger partial charge is 0.326 e. The van der Waals surface area contributed by atoms with Crippen molar-refractivity contribution in [2.24, 2.45) is 0 Å². The fourth-order valence-electron chi connectivity index (χ4n) is 2.68. The molecule has 1 saturated heterocycles. The molecule has 1 fully saturated rings.